The van der Waals surface area contributed by atoms with Crippen LogP contribution in [0.3, 0.4) is 0 Å². The van der Waals surface area contributed by atoms with Crippen molar-refractivity contribution in [2.45, 2.75) is 0 Å². The van der Waals surface area contributed by atoms with Gasteiger partial charge in [-0.15, -0.1) is 0 Å². The van der Waals surface area contributed by atoms with E-state index in [0.717, 1.165) is 20.8 Å². The number of rotatable bonds is 2. The molecule has 0 fully saturated rings. The summed E-state index contributed by atoms with van der Waals surface area (Å²) >= 11 is 2.19. The number of hydrogen-bond donors (Lipinski definition) is 0. The monoisotopic (exact) mass is 375 g/mol. The molecule has 4 heteroatoms. The van der Waals surface area contributed by atoms with Gasteiger partial charge in [0.2, 0.25) is 0 Å². The van der Waals surface area contributed by atoms with Crippen LogP contribution in [-0.4, -0.2) is 16.8 Å². The molecule has 0 aliphatic heterocycles. The minimum atomic E-state index is -0.134. The molecular weight excluding hydrogens is 365 g/mol. The summed E-state index contributed by atoms with van der Waals surface area (Å²) in [5.41, 5.74) is 1.88. The van der Waals surface area contributed by atoms with Crippen LogP contribution < -0.4 is 0 Å². The van der Waals surface area contributed by atoms with Gasteiger partial charge in [-0.25, -0.2) is 0 Å². The van der Waals surface area contributed by atoms with Crippen molar-refractivity contribution in [1.29, 1.82) is 0 Å². The molecule has 0 aliphatic carbocycles. The number of para-hydroxylation sites is 1. The molecule has 98 valence electrons. The lowest BCUT2D eigenvalue weighted by atomic mass is 10.2. The van der Waals surface area contributed by atoms with E-state index in [-0.39, 0.29) is 5.91 Å². The van der Waals surface area contributed by atoms with Crippen LogP contribution in [-0.2, 0) is 0 Å². The number of halogens is 1. The van der Waals surface area contributed by atoms with Gasteiger partial charge in [-0.3, -0.25) is 14.2 Å². The van der Waals surface area contributed by atoms with Crippen LogP contribution in [0.4, 0.5) is 0 Å². The zero-order valence-electron chi connectivity index (χ0n) is 10.4. The molecule has 0 saturated heterocycles. The number of aromatic nitrogens is 1. The van der Waals surface area contributed by atoms with Gasteiger partial charge in [-0.1, -0.05) is 18.2 Å². The Balaban J connectivity index is 2.17. The Hall–Kier alpha value is -1.95. The number of hydrogen-bond acceptors (Lipinski definition) is 2. The summed E-state index contributed by atoms with van der Waals surface area (Å²) in [6.07, 6.45) is 2.37. The lowest BCUT2D eigenvalue weighted by molar-refractivity contribution is 0.0965. The third kappa shape index (κ3) is 2.16. The van der Waals surface area contributed by atoms with Crippen LogP contribution in [0.15, 0.2) is 54.7 Å². The van der Waals surface area contributed by atoms with Gasteiger partial charge < -0.3 is 0 Å². The maximum Gasteiger partial charge on any atom is 0.262 e. The fourth-order valence-electron chi connectivity index (χ4n) is 2.20. The zero-order chi connectivity index (χ0) is 14.1. The fraction of sp³-hybridized carbons (Fsp3) is 0. The molecule has 1 heterocycles. The van der Waals surface area contributed by atoms with Crippen LogP contribution in [0.2, 0.25) is 0 Å². The van der Waals surface area contributed by atoms with E-state index in [1.54, 1.807) is 18.3 Å². The van der Waals surface area contributed by atoms with Gasteiger partial charge in [0.05, 0.1) is 5.52 Å². The normalized spacial score (nSPS) is 10.7. The molecule has 2 aromatic carbocycles. The first-order chi connectivity index (χ1) is 9.70. The number of fused-ring (bicyclic) bond motifs is 1. The molecule has 0 spiro atoms. The van der Waals surface area contributed by atoms with Gasteiger partial charge in [-0.2, -0.15) is 0 Å². The van der Waals surface area contributed by atoms with Gasteiger partial charge in [0.1, 0.15) is 0 Å². The van der Waals surface area contributed by atoms with Gasteiger partial charge >= 0.3 is 0 Å². The molecule has 3 aromatic rings. The molecule has 0 amide bonds. The molecule has 0 saturated carbocycles. The zero-order valence-corrected chi connectivity index (χ0v) is 12.6. The van der Waals surface area contributed by atoms with Crippen LogP contribution in [0.5, 0.6) is 0 Å². The quantitative estimate of drug-likeness (QED) is 0.506. The number of carbonyl (C=O) groups excluding carboxylic acids is 2. The molecule has 0 bridgehead atoms. The summed E-state index contributed by atoms with van der Waals surface area (Å²) < 4.78 is 2.60. The Bertz CT molecular complexity index is 803. The minimum absolute atomic E-state index is 0.134. The third-order valence-electron chi connectivity index (χ3n) is 3.18. The van der Waals surface area contributed by atoms with E-state index in [1.165, 1.54) is 4.57 Å². The molecule has 3 rings (SSSR count). The first-order valence-corrected chi connectivity index (χ1v) is 7.14. The molecule has 20 heavy (non-hydrogen) atoms. The van der Waals surface area contributed by atoms with Crippen LogP contribution in [0, 0.1) is 3.57 Å². The second-order valence-corrected chi connectivity index (χ2v) is 5.65. The van der Waals surface area contributed by atoms with E-state index < -0.39 is 0 Å². The highest BCUT2D eigenvalue weighted by Gasteiger charge is 2.14. The highest BCUT2D eigenvalue weighted by molar-refractivity contribution is 14.1. The highest BCUT2D eigenvalue weighted by atomic mass is 127. The summed E-state index contributed by atoms with van der Waals surface area (Å²) in [6, 6.07) is 14.8. The van der Waals surface area contributed by atoms with Crippen molar-refractivity contribution in [1.82, 2.24) is 4.57 Å². The summed E-state index contributed by atoms with van der Waals surface area (Å²) in [6.45, 7) is 0. The minimum Gasteiger partial charge on any atom is -0.298 e. The molecule has 0 aliphatic rings. The topological polar surface area (TPSA) is 39.1 Å². The molecular formula is C16H10INO2. The molecule has 3 nitrogen and oxygen atoms in total. The average molecular weight is 375 g/mol. The van der Waals surface area contributed by atoms with Crippen molar-refractivity contribution in [3.05, 3.63) is 69.4 Å². The van der Waals surface area contributed by atoms with Gasteiger partial charge in [0.15, 0.2) is 6.29 Å². The van der Waals surface area contributed by atoms with Gasteiger partial charge in [0.25, 0.3) is 5.91 Å². The lowest BCUT2D eigenvalue weighted by Crippen LogP contribution is -2.10. The molecule has 0 unspecified atom stereocenters. The van der Waals surface area contributed by atoms with E-state index in [1.807, 2.05) is 36.4 Å². The summed E-state index contributed by atoms with van der Waals surface area (Å²) in [5.74, 6) is -0.134. The SMILES string of the molecule is O=Cc1cn(C(=O)c2ccc(I)cc2)c2ccccc12. The largest absolute Gasteiger partial charge is 0.298 e. The van der Waals surface area contributed by atoms with Crippen molar-refractivity contribution in [2.24, 2.45) is 0 Å². The first-order valence-electron chi connectivity index (χ1n) is 6.06. The van der Waals surface area contributed by atoms with E-state index in [9.17, 15) is 9.59 Å². The van der Waals surface area contributed by atoms with Crippen molar-refractivity contribution in [3.8, 4) is 0 Å². The Morgan fingerprint density at radius 2 is 1.75 bits per heavy atom. The number of carbonyl (C=O) groups is 2. The maximum atomic E-state index is 12.5. The number of aldehydes is 1. The average Bonchev–Trinajstić information content (AvgIpc) is 2.86. The second-order valence-electron chi connectivity index (χ2n) is 4.40. The van der Waals surface area contributed by atoms with E-state index in [4.69, 9.17) is 0 Å². The Kier molecular flexibility index (Phi) is 3.40. The Morgan fingerprint density at radius 1 is 1.05 bits per heavy atom. The van der Waals surface area contributed by atoms with Crippen molar-refractivity contribution in [3.63, 3.8) is 0 Å². The van der Waals surface area contributed by atoms with Gasteiger partial charge in [-0.05, 0) is 52.9 Å². The van der Waals surface area contributed by atoms with Crippen molar-refractivity contribution >= 4 is 45.7 Å². The van der Waals surface area contributed by atoms with Crippen molar-refractivity contribution in [2.75, 3.05) is 0 Å². The molecule has 1 aromatic heterocycles. The first kappa shape index (κ1) is 13.1. The molecule has 0 N–H and O–H groups in total. The van der Waals surface area contributed by atoms with E-state index in [2.05, 4.69) is 22.6 Å². The van der Waals surface area contributed by atoms with Gasteiger partial charge in [0, 0.05) is 26.3 Å². The number of benzene rings is 2. The fourth-order valence-corrected chi connectivity index (χ4v) is 2.56. The highest BCUT2D eigenvalue weighted by Crippen LogP contribution is 2.21. The predicted octanol–water partition coefficient (Wildman–Crippen LogP) is 3.75. The Labute approximate surface area is 129 Å². The van der Waals surface area contributed by atoms with E-state index >= 15 is 0 Å². The Morgan fingerprint density at radius 3 is 2.45 bits per heavy atom. The smallest absolute Gasteiger partial charge is 0.262 e. The van der Waals surface area contributed by atoms with Crippen molar-refractivity contribution < 1.29 is 9.59 Å². The standard InChI is InChI=1S/C16H10INO2/c17-13-7-5-11(6-8-13)16(20)18-9-12(10-19)14-3-1-2-4-15(14)18/h1-10H. The van der Waals surface area contributed by atoms with Crippen LogP contribution in [0.25, 0.3) is 10.9 Å². The van der Waals surface area contributed by atoms with Crippen LogP contribution in [0.1, 0.15) is 20.7 Å². The third-order valence-corrected chi connectivity index (χ3v) is 3.90. The summed E-state index contributed by atoms with van der Waals surface area (Å²) in [5, 5.41) is 0.793. The molecule has 0 atom stereocenters. The molecule has 0 radical (unpaired) electrons. The lowest BCUT2D eigenvalue weighted by Gasteiger charge is -2.04. The second kappa shape index (κ2) is 5.20. The maximum absolute atomic E-state index is 12.5. The van der Waals surface area contributed by atoms with E-state index in [0.29, 0.717) is 11.1 Å². The summed E-state index contributed by atoms with van der Waals surface area (Å²) in [7, 11) is 0. The van der Waals surface area contributed by atoms with Crippen LogP contribution >= 0.6 is 22.6 Å². The summed E-state index contributed by atoms with van der Waals surface area (Å²) in [4.78, 5) is 23.7. The predicted molar refractivity (Wildman–Crippen MR) is 86.2 cm³/mol. The number of nitrogens with zero attached hydrogens (tertiary/aromatic N) is 1.